The number of nitrogens with zero attached hydrogens (tertiary/aromatic N) is 2. The summed E-state index contributed by atoms with van der Waals surface area (Å²) in [5.74, 6) is 0.0446. The molecule has 0 spiro atoms. The Morgan fingerprint density at radius 2 is 1.95 bits per heavy atom. The van der Waals surface area contributed by atoms with E-state index in [9.17, 15) is 9.59 Å². The molecular weight excluding hydrogens is 242 g/mol. The van der Waals surface area contributed by atoms with Crippen molar-refractivity contribution in [3.05, 3.63) is 0 Å². The second-order valence-electron chi connectivity index (χ2n) is 5.48. The highest BCUT2D eigenvalue weighted by molar-refractivity contribution is 5.81. The van der Waals surface area contributed by atoms with Crippen molar-refractivity contribution in [1.82, 2.24) is 15.1 Å². The molecule has 1 unspecified atom stereocenters. The highest BCUT2D eigenvalue weighted by Crippen LogP contribution is 2.18. The smallest absolute Gasteiger partial charge is 0.319 e. The summed E-state index contributed by atoms with van der Waals surface area (Å²) in [6.07, 6.45) is 3.69. The quantitative estimate of drug-likeness (QED) is 0.844. The summed E-state index contributed by atoms with van der Waals surface area (Å²) < 4.78 is 0. The molecule has 0 aromatic rings. The highest BCUT2D eigenvalue weighted by Gasteiger charge is 2.29. The number of piperidine rings is 1. The Labute approximate surface area is 116 Å². The van der Waals surface area contributed by atoms with Crippen LogP contribution in [-0.4, -0.2) is 55.0 Å². The van der Waals surface area contributed by atoms with Crippen LogP contribution in [-0.2, 0) is 4.79 Å². The molecule has 1 aliphatic heterocycles. The van der Waals surface area contributed by atoms with Crippen molar-refractivity contribution in [1.29, 1.82) is 0 Å². The molecule has 0 aromatic heterocycles. The van der Waals surface area contributed by atoms with E-state index in [1.54, 1.807) is 23.9 Å². The first-order valence-electron chi connectivity index (χ1n) is 7.26. The largest absolute Gasteiger partial charge is 0.353 e. The van der Waals surface area contributed by atoms with Crippen molar-refractivity contribution in [3.63, 3.8) is 0 Å². The maximum Gasteiger partial charge on any atom is 0.319 e. The zero-order chi connectivity index (χ0) is 14.4. The minimum Gasteiger partial charge on any atom is -0.353 e. The minimum atomic E-state index is -0.0572. The summed E-state index contributed by atoms with van der Waals surface area (Å²) in [6.45, 7) is 5.46. The van der Waals surface area contributed by atoms with Crippen molar-refractivity contribution in [2.45, 2.75) is 45.6 Å². The third-order valence-corrected chi connectivity index (χ3v) is 3.78. The first-order valence-corrected chi connectivity index (χ1v) is 7.26. The lowest BCUT2D eigenvalue weighted by atomic mass is 9.96. The standard InChI is InChI=1S/C14H27N3O2/c1-5-12(6-2)15-13(18)11-8-7-9-17(10-11)14(19)16(3)4/h11-12H,5-10H2,1-4H3,(H,15,18). The summed E-state index contributed by atoms with van der Waals surface area (Å²) in [7, 11) is 3.49. The normalized spacial score (nSPS) is 19.4. The van der Waals surface area contributed by atoms with Gasteiger partial charge in [-0.1, -0.05) is 13.8 Å². The van der Waals surface area contributed by atoms with Gasteiger partial charge in [0.25, 0.3) is 0 Å². The van der Waals surface area contributed by atoms with Gasteiger partial charge in [-0.05, 0) is 25.7 Å². The molecule has 0 bridgehead atoms. The van der Waals surface area contributed by atoms with Crippen molar-refractivity contribution in [2.75, 3.05) is 27.2 Å². The third kappa shape index (κ3) is 4.40. The molecular formula is C14H27N3O2. The van der Waals surface area contributed by atoms with Crippen LogP contribution in [0.3, 0.4) is 0 Å². The van der Waals surface area contributed by atoms with Gasteiger partial charge in [0.15, 0.2) is 0 Å². The van der Waals surface area contributed by atoms with Gasteiger partial charge in [-0.3, -0.25) is 4.79 Å². The first kappa shape index (κ1) is 15.8. The summed E-state index contributed by atoms with van der Waals surface area (Å²) >= 11 is 0. The van der Waals surface area contributed by atoms with E-state index in [1.165, 1.54) is 0 Å². The Morgan fingerprint density at radius 3 is 2.47 bits per heavy atom. The number of carbonyl (C=O) groups excluding carboxylic acids is 2. The number of likely N-dealkylation sites (tertiary alicyclic amines) is 1. The number of nitrogens with one attached hydrogen (secondary N) is 1. The SMILES string of the molecule is CCC(CC)NC(=O)C1CCCN(C(=O)N(C)C)C1. The number of hydrogen-bond acceptors (Lipinski definition) is 2. The van der Waals surface area contributed by atoms with Crippen LogP contribution in [0.1, 0.15) is 39.5 Å². The molecule has 5 nitrogen and oxygen atoms in total. The molecule has 0 saturated carbocycles. The van der Waals surface area contributed by atoms with E-state index >= 15 is 0 Å². The van der Waals surface area contributed by atoms with Gasteiger partial charge in [0.2, 0.25) is 5.91 Å². The molecule has 110 valence electrons. The van der Waals surface area contributed by atoms with Crippen LogP contribution in [0.4, 0.5) is 4.79 Å². The molecule has 0 aromatic carbocycles. The first-order chi connectivity index (χ1) is 8.99. The Morgan fingerprint density at radius 1 is 1.32 bits per heavy atom. The second kappa shape index (κ2) is 7.36. The van der Waals surface area contributed by atoms with Crippen LogP contribution in [0.2, 0.25) is 0 Å². The molecule has 1 fully saturated rings. The minimum absolute atomic E-state index is 0.0000306. The molecule has 19 heavy (non-hydrogen) atoms. The Balaban J connectivity index is 2.54. The average Bonchev–Trinajstić information content (AvgIpc) is 2.43. The molecule has 5 heteroatoms. The monoisotopic (exact) mass is 269 g/mol. The maximum absolute atomic E-state index is 12.2. The van der Waals surface area contributed by atoms with Gasteiger partial charge < -0.3 is 15.1 Å². The van der Waals surface area contributed by atoms with E-state index in [0.29, 0.717) is 6.54 Å². The molecule has 1 rings (SSSR count). The van der Waals surface area contributed by atoms with Crippen molar-refractivity contribution in [3.8, 4) is 0 Å². The Bertz CT molecular complexity index is 314. The lowest BCUT2D eigenvalue weighted by molar-refractivity contribution is -0.127. The van der Waals surface area contributed by atoms with Crippen LogP contribution in [0.25, 0.3) is 0 Å². The van der Waals surface area contributed by atoms with E-state index < -0.39 is 0 Å². The molecule has 1 heterocycles. The summed E-state index contributed by atoms with van der Waals surface area (Å²) in [5, 5.41) is 3.08. The van der Waals surface area contributed by atoms with E-state index in [-0.39, 0.29) is 23.9 Å². The van der Waals surface area contributed by atoms with Crippen LogP contribution in [0, 0.1) is 5.92 Å². The molecule has 0 aliphatic carbocycles. The fourth-order valence-corrected chi connectivity index (χ4v) is 2.46. The lowest BCUT2D eigenvalue weighted by Gasteiger charge is -2.34. The summed E-state index contributed by atoms with van der Waals surface area (Å²) in [6, 6.07) is 0.257. The second-order valence-corrected chi connectivity index (χ2v) is 5.48. The fraction of sp³-hybridized carbons (Fsp3) is 0.857. The third-order valence-electron chi connectivity index (χ3n) is 3.78. The van der Waals surface area contributed by atoms with E-state index in [0.717, 1.165) is 32.2 Å². The predicted molar refractivity (Wildman–Crippen MR) is 75.9 cm³/mol. The summed E-state index contributed by atoms with van der Waals surface area (Å²) in [5.41, 5.74) is 0. The molecule has 3 amide bonds. The fourth-order valence-electron chi connectivity index (χ4n) is 2.46. The van der Waals surface area contributed by atoms with Gasteiger partial charge in [0, 0.05) is 33.2 Å². The van der Waals surface area contributed by atoms with E-state index in [1.807, 2.05) is 0 Å². The van der Waals surface area contributed by atoms with Gasteiger partial charge in [0.05, 0.1) is 5.92 Å². The summed E-state index contributed by atoms with van der Waals surface area (Å²) in [4.78, 5) is 27.5. The zero-order valence-electron chi connectivity index (χ0n) is 12.6. The Kier molecular flexibility index (Phi) is 6.12. The number of amides is 3. The average molecular weight is 269 g/mol. The number of rotatable bonds is 4. The molecule has 1 N–H and O–H groups in total. The molecule has 1 atom stereocenters. The van der Waals surface area contributed by atoms with Crippen LogP contribution < -0.4 is 5.32 Å². The van der Waals surface area contributed by atoms with Crippen molar-refractivity contribution < 1.29 is 9.59 Å². The highest BCUT2D eigenvalue weighted by atomic mass is 16.2. The predicted octanol–water partition coefficient (Wildman–Crippen LogP) is 1.68. The van der Waals surface area contributed by atoms with Gasteiger partial charge in [-0.15, -0.1) is 0 Å². The Hall–Kier alpha value is -1.26. The maximum atomic E-state index is 12.2. The molecule has 1 aliphatic rings. The van der Waals surface area contributed by atoms with Crippen LogP contribution in [0.15, 0.2) is 0 Å². The van der Waals surface area contributed by atoms with Crippen LogP contribution in [0.5, 0.6) is 0 Å². The number of carbonyl (C=O) groups is 2. The van der Waals surface area contributed by atoms with Gasteiger partial charge in [-0.2, -0.15) is 0 Å². The van der Waals surface area contributed by atoms with Crippen molar-refractivity contribution in [2.24, 2.45) is 5.92 Å². The van der Waals surface area contributed by atoms with Crippen LogP contribution >= 0.6 is 0 Å². The van der Waals surface area contributed by atoms with E-state index in [4.69, 9.17) is 0 Å². The lowest BCUT2D eigenvalue weighted by Crippen LogP contribution is -2.49. The van der Waals surface area contributed by atoms with Gasteiger partial charge in [-0.25, -0.2) is 4.79 Å². The number of hydrogen-bond donors (Lipinski definition) is 1. The zero-order valence-corrected chi connectivity index (χ0v) is 12.6. The van der Waals surface area contributed by atoms with Crippen molar-refractivity contribution >= 4 is 11.9 Å². The van der Waals surface area contributed by atoms with Gasteiger partial charge in [0.1, 0.15) is 0 Å². The van der Waals surface area contributed by atoms with Gasteiger partial charge >= 0.3 is 6.03 Å². The molecule has 0 radical (unpaired) electrons. The number of urea groups is 1. The van der Waals surface area contributed by atoms with E-state index in [2.05, 4.69) is 19.2 Å². The topological polar surface area (TPSA) is 52.7 Å². The molecule has 1 saturated heterocycles.